The zero-order chi connectivity index (χ0) is 17.0. The number of carboxylic acid groups (broad SMARTS) is 1. The topological polar surface area (TPSA) is 106 Å². The van der Waals surface area contributed by atoms with Gasteiger partial charge in [0.15, 0.2) is 0 Å². The number of alkyl carbamates (subject to hydrolysis) is 1. The van der Waals surface area contributed by atoms with E-state index in [9.17, 15) is 9.59 Å². The van der Waals surface area contributed by atoms with Gasteiger partial charge in [-0.15, -0.1) is 5.10 Å². The van der Waals surface area contributed by atoms with E-state index in [0.29, 0.717) is 11.4 Å². The second-order valence-electron chi connectivity index (χ2n) is 5.86. The van der Waals surface area contributed by atoms with Gasteiger partial charge in [0.05, 0.1) is 24.0 Å². The fourth-order valence-corrected chi connectivity index (χ4v) is 1.74. The number of rotatable bonds is 4. The highest BCUT2D eigenvalue weighted by Gasteiger charge is 2.16. The Bertz CT molecular complexity index is 701. The Morgan fingerprint density at radius 1 is 1.26 bits per heavy atom. The van der Waals surface area contributed by atoms with Crippen molar-refractivity contribution in [3.63, 3.8) is 0 Å². The molecule has 8 heteroatoms. The van der Waals surface area contributed by atoms with E-state index in [1.807, 2.05) is 0 Å². The number of aromatic nitrogens is 3. The fourth-order valence-electron chi connectivity index (χ4n) is 1.74. The lowest BCUT2D eigenvalue weighted by molar-refractivity contribution is 0.0522. The van der Waals surface area contributed by atoms with Crippen molar-refractivity contribution >= 4 is 12.1 Å². The summed E-state index contributed by atoms with van der Waals surface area (Å²) in [6, 6.07) is 6.22. The third kappa shape index (κ3) is 4.80. The Morgan fingerprint density at radius 2 is 1.91 bits per heavy atom. The third-order valence-corrected chi connectivity index (χ3v) is 2.73. The van der Waals surface area contributed by atoms with Gasteiger partial charge < -0.3 is 15.2 Å². The Morgan fingerprint density at radius 3 is 2.48 bits per heavy atom. The lowest BCUT2D eigenvalue weighted by atomic mass is 10.2. The van der Waals surface area contributed by atoms with Crippen LogP contribution in [0.5, 0.6) is 0 Å². The molecule has 1 amide bonds. The molecule has 0 fully saturated rings. The Balaban J connectivity index is 1.98. The number of aromatic carboxylic acids is 1. The van der Waals surface area contributed by atoms with Gasteiger partial charge in [0.2, 0.25) is 0 Å². The molecule has 8 nitrogen and oxygen atoms in total. The Hall–Kier alpha value is -2.90. The molecule has 0 saturated carbocycles. The van der Waals surface area contributed by atoms with Crippen LogP contribution in [0.3, 0.4) is 0 Å². The summed E-state index contributed by atoms with van der Waals surface area (Å²) in [6.45, 7) is 5.53. The van der Waals surface area contributed by atoms with Crippen molar-refractivity contribution in [2.75, 3.05) is 0 Å². The molecule has 0 spiro atoms. The molecular formula is C15H18N4O4. The van der Waals surface area contributed by atoms with Crippen molar-refractivity contribution in [2.24, 2.45) is 0 Å². The average molecular weight is 318 g/mol. The summed E-state index contributed by atoms with van der Waals surface area (Å²) in [5.74, 6) is -0.989. The van der Waals surface area contributed by atoms with Crippen molar-refractivity contribution in [3.05, 3.63) is 41.7 Å². The van der Waals surface area contributed by atoms with Crippen molar-refractivity contribution in [1.29, 1.82) is 0 Å². The zero-order valence-electron chi connectivity index (χ0n) is 13.1. The van der Waals surface area contributed by atoms with E-state index in [4.69, 9.17) is 9.84 Å². The first kappa shape index (κ1) is 16.5. The number of carboxylic acids is 1. The molecular weight excluding hydrogens is 300 g/mol. The molecule has 0 aliphatic rings. The second-order valence-corrected chi connectivity index (χ2v) is 5.86. The van der Waals surface area contributed by atoms with Gasteiger partial charge >= 0.3 is 12.1 Å². The van der Waals surface area contributed by atoms with Gasteiger partial charge in [0, 0.05) is 0 Å². The molecule has 1 aromatic carbocycles. The minimum atomic E-state index is -0.989. The first-order valence-electron chi connectivity index (χ1n) is 6.96. The minimum Gasteiger partial charge on any atom is -0.478 e. The van der Waals surface area contributed by atoms with Crippen LogP contribution in [0, 0.1) is 0 Å². The summed E-state index contributed by atoms with van der Waals surface area (Å²) in [5.41, 5.74) is 0.859. The molecule has 2 aromatic rings. The second kappa shape index (κ2) is 6.47. The molecule has 2 rings (SSSR count). The molecule has 1 heterocycles. The van der Waals surface area contributed by atoms with Crippen molar-refractivity contribution in [3.8, 4) is 5.69 Å². The maximum atomic E-state index is 11.6. The Kier molecular flexibility index (Phi) is 4.63. The number of carbonyl (C=O) groups excluding carboxylic acids is 1. The molecule has 0 unspecified atom stereocenters. The summed E-state index contributed by atoms with van der Waals surface area (Å²) in [6.07, 6.45) is 1.12. The van der Waals surface area contributed by atoms with E-state index in [2.05, 4.69) is 15.6 Å². The fraction of sp³-hybridized carbons (Fsp3) is 0.333. The normalized spacial score (nSPS) is 11.1. The van der Waals surface area contributed by atoms with Gasteiger partial charge in [0.25, 0.3) is 0 Å². The van der Waals surface area contributed by atoms with E-state index in [1.165, 1.54) is 16.8 Å². The number of hydrogen-bond acceptors (Lipinski definition) is 5. The monoisotopic (exact) mass is 318 g/mol. The lowest BCUT2D eigenvalue weighted by Gasteiger charge is -2.19. The van der Waals surface area contributed by atoms with E-state index in [-0.39, 0.29) is 12.1 Å². The van der Waals surface area contributed by atoms with Crippen LogP contribution in [-0.2, 0) is 11.3 Å². The third-order valence-electron chi connectivity index (χ3n) is 2.73. The van der Waals surface area contributed by atoms with Crippen LogP contribution in [0.15, 0.2) is 30.5 Å². The minimum absolute atomic E-state index is 0.183. The predicted molar refractivity (Wildman–Crippen MR) is 81.4 cm³/mol. The molecule has 23 heavy (non-hydrogen) atoms. The summed E-state index contributed by atoms with van der Waals surface area (Å²) >= 11 is 0. The molecule has 1 aromatic heterocycles. The van der Waals surface area contributed by atoms with E-state index in [0.717, 1.165) is 0 Å². The van der Waals surface area contributed by atoms with E-state index in [1.54, 1.807) is 39.1 Å². The van der Waals surface area contributed by atoms with Gasteiger partial charge in [-0.1, -0.05) is 5.21 Å². The van der Waals surface area contributed by atoms with Crippen LogP contribution >= 0.6 is 0 Å². The Labute approximate surface area is 133 Å². The van der Waals surface area contributed by atoms with Gasteiger partial charge in [-0.3, -0.25) is 0 Å². The molecule has 0 aliphatic heterocycles. The van der Waals surface area contributed by atoms with Gasteiger partial charge in [-0.2, -0.15) is 0 Å². The van der Waals surface area contributed by atoms with Crippen LogP contribution < -0.4 is 5.32 Å². The maximum absolute atomic E-state index is 11.6. The highest BCUT2D eigenvalue weighted by molar-refractivity contribution is 5.87. The van der Waals surface area contributed by atoms with Gasteiger partial charge in [-0.05, 0) is 45.0 Å². The number of benzene rings is 1. The predicted octanol–water partition coefficient (Wildman–Crippen LogP) is 1.99. The molecule has 0 aliphatic carbocycles. The van der Waals surface area contributed by atoms with Crippen molar-refractivity contribution in [1.82, 2.24) is 20.3 Å². The maximum Gasteiger partial charge on any atom is 0.407 e. The van der Waals surface area contributed by atoms with E-state index < -0.39 is 17.7 Å². The number of carbonyl (C=O) groups is 2. The highest BCUT2D eigenvalue weighted by Crippen LogP contribution is 2.10. The zero-order valence-corrected chi connectivity index (χ0v) is 13.1. The number of amides is 1. The first-order valence-corrected chi connectivity index (χ1v) is 6.96. The van der Waals surface area contributed by atoms with Crippen LogP contribution in [0.2, 0.25) is 0 Å². The molecule has 0 bridgehead atoms. The number of ether oxygens (including phenoxy) is 1. The SMILES string of the molecule is CC(C)(C)OC(=O)NCc1cn(-c2ccc(C(=O)O)cc2)nn1. The summed E-state index contributed by atoms with van der Waals surface area (Å²) < 4.78 is 6.62. The largest absolute Gasteiger partial charge is 0.478 e. The molecule has 0 atom stereocenters. The molecule has 122 valence electrons. The standard InChI is InChI=1S/C15H18N4O4/c1-15(2,3)23-14(22)16-8-11-9-19(18-17-11)12-6-4-10(5-7-12)13(20)21/h4-7,9H,8H2,1-3H3,(H,16,22)(H,20,21). The molecule has 2 N–H and O–H groups in total. The van der Waals surface area contributed by atoms with Gasteiger partial charge in [0.1, 0.15) is 11.3 Å². The van der Waals surface area contributed by atoms with Crippen LogP contribution in [-0.4, -0.2) is 37.8 Å². The average Bonchev–Trinajstić information content (AvgIpc) is 2.92. The van der Waals surface area contributed by atoms with Gasteiger partial charge in [-0.25, -0.2) is 14.3 Å². The number of nitrogens with one attached hydrogen (secondary N) is 1. The number of nitrogens with zero attached hydrogens (tertiary/aromatic N) is 3. The smallest absolute Gasteiger partial charge is 0.407 e. The van der Waals surface area contributed by atoms with Crippen molar-refractivity contribution < 1.29 is 19.4 Å². The molecule has 0 radical (unpaired) electrons. The lowest BCUT2D eigenvalue weighted by Crippen LogP contribution is -2.32. The summed E-state index contributed by atoms with van der Waals surface area (Å²) in [5, 5.41) is 19.3. The molecule has 0 saturated heterocycles. The highest BCUT2D eigenvalue weighted by atomic mass is 16.6. The van der Waals surface area contributed by atoms with Crippen LogP contribution in [0.25, 0.3) is 5.69 Å². The quantitative estimate of drug-likeness (QED) is 0.893. The van der Waals surface area contributed by atoms with Crippen LogP contribution in [0.1, 0.15) is 36.8 Å². The summed E-state index contributed by atoms with van der Waals surface area (Å²) in [7, 11) is 0. The summed E-state index contributed by atoms with van der Waals surface area (Å²) in [4.78, 5) is 22.4. The first-order chi connectivity index (χ1) is 10.7. The number of hydrogen-bond donors (Lipinski definition) is 2. The van der Waals surface area contributed by atoms with Crippen molar-refractivity contribution in [2.45, 2.75) is 32.9 Å². The van der Waals surface area contributed by atoms with E-state index >= 15 is 0 Å². The van der Waals surface area contributed by atoms with Crippen LogP contribution in [0.4, 0.5) is 4.79 Å².